The number of Topliss-reactive ketones (excluding diaryl/α,β-unsaturated/α-hetero) is 1. The summed E-state index contributed by atoms with van der Waals surface area (Å²) in [5.41, 5.74) is 0.805. The van der Waals surface area contributed by atoms with Crippen molar-refractivity contribution < 1.29 is 14.3 Å². The van der Waals surface area contributed by atoms with Gasteiger partial charge in [0.1, 0.15) is 5.60 Å². The van der Waals surface area contributed by atoms with Gasteiger partial charge in [0.25, 0.3) is 0 Å². The number of carbonyl (C=O) groups is 2. The van der Waals surface area contributed by atoms with E-state index in [1.54, 1.807) is 19.1 Å². The molecule has 0 aliphatic heterocycles. The van der Waals surface area contributed by atoms with E-state index in [4.69, 9.17) is 4.74 Å². The summed E-state index contributed by atoms with van der Waals surface area (Å²) >= 11 is 0. The molecule has 0 atom stereocenters. The second-order valence-corrected chi connectivity index (χ2v) is 5.96. The largest absolute Gasteiger partial charge is 0.444 e. The van der Waals surface area contributed by atoms with Gasteiger partial charge in [-0.05, 0) is 56.7 Å². The zero-order valence-corrected chi connectivity index (χ0v) is 12.7. The van der Waals surface area contributed by atoms with E-state index in [2.05, 4.69) is 5.32 Å². The molecule has 1 amide bonds. The summed E-state index contributed by atoms with van der Waals surface area (Å²) in [7, 11) is 0. The Kier molecular flexibility index (Phi) is 3.98. The molecule has 1 N–H and O–H groups in total. The van der Waals surface area contributed by atoms with Gasteiger partial charge < -0.3 is 4.74 Å². The minimum absolute atomic E-state index is 0.0351. The second-order valence-electron chi connectivity index (χ2n) is 5.96. The van der Waals surface area contributed by atoms with Crippen LogP contribution < -0.4 is 5.32 Å². The van der Waals surface area contributed by atoms with Gasteiger partial charge in [-0.1, -0.05) is 18.2 Å². The molecule has 2 rings (SSSR count). The molecule has 0 aliphatic carbocycles. The molecular weight excluding hydrogens is 266 g/mol. The number of ketones is 1. The van der Waals surface area contributed by atoms with E-state index in [1.165, 1.54) is 0 Å². The zero-order valence-electron chi connectivity index (χ0n) is 12.7. The van der Waals surface area contributed by atoms with Gasteiger partial charge in [0.05, 0.1) is 0 Å². The Hall–Kier alpha value is -2.36. The lowest BCUT2D eigenvalue weighted by molar-refractivity contribution is 0.0636. The van der Waals surface area contributed by atoms with E-state index < -0.39 is 11.7 Å². The maximum Gasteiger partial charge on any atom is 0.412 e. The van der Waals surface area contributed by atoms with E-state index in [9.17, 15) is 9.59 Å². The molecule has 0 aromatic heterocycles. The van der Waals surface area contributed by atoms with Crippen molar-refractivity contribution in [1.29, 1.82) is 0 Å². The lowest BCUT2D eigenvalue weighted by Crippen LogP contribution is -2.27. The van der Waals surface area contributed by atoms with Crippen molar-refractivity contribution in [3.8, 4) is 0 Å². The van der Waals surface area contributed by atoms with Crippen molar-refractivity contribution >= 4 is 28.3 Å². The third-order valence-corrected chi connectivity index (χ3v) is 2.89. The third-order valence-electron chi connectivity index (χ3n) is 2.89. The summed E-state index contributed by atoms with van der Waals surface area (Å²) in [6.07, 6.45) is -0.484. The molecule has 2 aromatic carbocycles. The van der Waals surface area contributed by atoms with Crippen LogP contribution in [0.3, 0.4) is 0 Å². The Morgan fingerprint density at radius 1 is 1.00 bits per heavy atom. The fourth-order valence-electron chi connectivity index (χ4n) is 1.96. The molecule has 0 aliphatic rings. The van der Waals surface area contributed by atoms with Crippen molar-refractivity contribution in [3.05, 3.63) is 42.0 Å². The first-order valence-electron chi connectivity index (χ1n) is 6.79. The highest BCUT2D eigenvalue weighted by Crippen LogP contribution is 2.21. The first-order chi connectivity index (χ1) is 9.74. The molecule has 0 bridgehead atoms. The second kappa shape index (κ2) is 5.56. The summed E-state index contributed by atoms with van der Waals surface area (Å²) in [4.78, 5) is 23.1. The number of amides is 1. The average Bonchev–Trinajstić information content (AvgIpc) is 2.35. The van der Waals surface area contributed by atoms with Crippen molar-refractivity contribution in [2.24, 2.45) is 0 Å². The lowest BCUT2D eigenvalue weighted by atomic mass is 10.0. The average molecular weight is 285 g/mol. The molecule has 0 radical (unpaired) electrons. The molecule has 0 saturated carbocycles. The fourth-order valence-corrected chi connectivity index (χ4v) is 1.96. The number of hydrogen-bond acceptors (Lipinski definition) is 3. The summed E-state index contributed by atoms with van der Waals surface area (Å²) in [5, 5.41) is 4.61. The molecular formula is C17H19NO3. The Bertz CT molecular complexity index is 699. The molecule has 4 heteroatoms. The number of benzene rings is 2. The van der Waals surface area contributed by atoms with Crippen LogP contribution in [-0.2, 0) is 4.74 Å². The van der Waals surface area contributed by atoms with Gasteiger partial charge in [-0.2, -0.15) is 0 Å². The number of carbonyl (C=O) groups excluding carboxylic acids is 2. The van der Waals surface area contributed by atoms with E-state index in [0.29, 0.717) is 11.3 Å². The van der Waals surface area contributed by atoms with Gasteiger partial charge in [-0.15, -0.1) is 0 Å². The number of rotatable bonds is 2. The Morgan fingerprint density at radius 2 is 1.62 bits per heavy atom. The number of hydrogen-bond donors (Lipinski definition) is 1. The van der Waals surface area contributed by atoms with Crippen LogP contribution in [0.4, 0.5) is 10.5 Å². The summed E-state index contributed by atoms with van der Waals surface area (Å²) in [5.74, 6) is 0.0351. The lowest BCUT2D eigenvalue weighted by Gasteiger charge is -2.19. The van der Waals surface area contributed by atoms with Crippen LogP contribution in [0.1, 0.15) is 38.1 Å². The van der Waals surface area contributed by atoms with Gasteiger partial charge in [-0.25, -0.2) is 4.79 Å². The highest BCUT2D eigenvalue weighted by atomic mass is 16.6. The normalized spacial score (nSPS) is 11.2. The summed E-state index contributed by atoms with van der Waals surface area (Å²) in [6, 6.07) is 11.0. The molecule has 0 saturated heterocycles. The topological polar surface area (TPSA) is 55.4 Å². The van der Waals surface area contributed by atoms with E-state index in [1.807, 2.05) is 45.0 Å². The molecule has 110 valence electrons. The van der Waals surface area contributed by atoms with Crippen LogP contribution in [0.15, 0.2) is 36.4 Å². The summed E-state index contributed by atoms with van der Waals surface area (Å²) in [6.45, 7) is 6.99. The number of nitrogens with one attached hydrogen (secondary N) is 1. The van der Waals surface area contributed by atoms with Crippen molar-refractivity contribution in [2.45, 2.75) is 33.3 Å². The monoisotopic (exact) mass is 285 g/mol. The van der Waals surface area contributed by atoms with Gasteiger partial charge >= 0.3 is 6.09 Å². The van der Waals surface area contributed by atoms with E-state index >= 15 is 0 Å². The minimum atomic E-state index is -0.530. The molecule has 0 fully saturated rings. The quantitative estimate of drug-likeness (QED) is 0.832. The van der Waals surface area contributed by atoms with Crippen molar-refractivity contribution in [1.82, 2.24) is 0 Å². The molecule has 2 aromatic rings. The highest BCUT2D eigenvalue weighted by Gasteiger charge is 2.16. The number of anilines is 1. The maximum absolute atomic E-state index is 11.7. The number of ether oxygens (including phenoxy) is 1. The van der Waals surface area contributed by atoms with Gasteiger partial charge in [0.2, 0.25) is 0 Å². The van der Waals surface area contributed by atoms with Crippen LogP contribution in [0.2, 0.25) is 0 Å². The Labute approximate surface area is 124 Å². The van der Waals surface area contributed by atoms with Crippen LogP contribution in [0.5, 0.6) is 0 Å². The highest BCUT2D eigenvalue weighted by molar-refractivity contribution is 5.99. The molecule has 0 unspecified atom stereocenters. The van der Waals surface area contributed by atoms with Crippen molar-refractivity contribution in [3.63, 3.8) is 0 Å². The summed E-state index contributed by atoms with van der Waals surface area (Å²) < 4.78 is 5.21. The van der Waals surface area contributed by atoms with Crippen LogP contribution in [0.25, 0.3) is 10.8 Å². The predicted molar refractivity (Wildman–Crippen MR) is 83.8 cm³/mol. The van der Waals surface area contributed by atoms with Crippen LogP contribution in [0, 0.1) is 0 Å². The Morgan fingerprint density at radius 3 is 2.24 bits per heavy atom. The fraction of sp³-hybridized carbons (Fsp3) is 0.294. The Balaban J connectivity index is 2.22. The molecule has 0 heterocycles. The molecule has 21 heavy (non-hydrogen) atoms. The maximum atomic E-state index is 11.7. The van der Waals surface area contributed by atoms with Crippen molar-refractivity contribution in [2.75, 3.05) is 5.32 Å². The molecule has 4 nitrogen and oxygen atoms in total. The van der Waals surface area contributed by atoms with Gasteiger partial charge in [-0.3, -0.25) is 10.1 Å². The number of fused-ring (bicyclic) bond motifs is 1. The SMILES string of the molecule is CC(=O)c1ccc2cc(NC(=O)OC(C)(C)C)ccc2c1. The standard InChI is InChI=1S/C17H19NO3/c1-11(19)12-5-6-14-10-15(8-7-13(14)9-12)18-16(20)21-17(2,3)4/h5-10H,1-4H3,(H,18,20). The van der Waals surface area contributed by atoms with Gasteiger partial charge in [0, 0.05) is 11.3 Å². The van der Waals surface area contributed by atoms with Gasteiger partial charge in [0.15, 0.2) is 5.78 Å². The zero-order chi connectivity index (χ0) is 15.6. The third kappa shape index (κ3) is 4.05. The first-order valence-corrected chi connectivity index (χ1v) is 6.79. The predicted octanol–water partition coefficient (Wildman–Crippen LogP) is 4.39. The van der Waals surface area contributed by atoms with Crippen LogP contribution >= 0.6 is 0 Å². The smallest absolute Gasteiger partial charge is 0.412 e. The van der Waals surface area contributed by atoms with E-state index in [0.717, 1.165) is 10.8 Å². The van der Waals surface area contributed by atoms with E-state index in [-0.39, 0.29) is 5.78 Å². The molecule has 0 spiro atoms. The van der Waals surface area contributed by atoms with Crippen LogP contribution in [-0.4, -0.2) is 17.5 Å². The first kappa shape index (κ1) is 15.0. The minimum Gasteiger partial charge on any atom is -0.444 e.